The van der Waals surface area contributed by atoms with Crippen molar-refractivity contribution in [2.45, 2.75) is 111 Å². The molecule has 0 saturated carbocycles. The van der Waals surface area contributed by atoms with E-state index < -0.39 is 0 Å². The van der Waals surface area contributed by atoms with Gasteiger partial charge in [0.25, 0.3) is 0 Å². The highest BCUT2D eigenvalue weighted by Gasteiger charge is 2.02. The predicted octanol–water partition coefficient (Wildman–Crippen LogP) is 7.08. The van der Waals surface area contributed by atoms with Gasteiger partial charge in [-0.05, 0) is 25.2 Å². The molecule has 0 aromatic carbocycles. The van der Waals surface area contributed by atoms with Crippen molar-refractivity contribution in [3.05, 3.63) is 5.92 Å². The standard InChI is InChI=1S/C18H37/c1-4-7-8-9-10-11-12-13-14-15-16-17-18(5-2)6-3/h4-17H2,1-3H3. The molecule has 0 unspecified atom stereocenters. The molecule has 0 aliphatic heterocycles. The smallest absolute Gasteiger partial charge is 0.0246 e. The van der Waals surface area contributed by atoms with Crippen molar-refractivity contribution in [1.82, 2.24) is 0 Å². The highest BCUT2D eigenvalue weighted by molar-refractivity contribution is 4.85. The molecule has 0 spiro atoms. The zero-order chi connectivity index (χ0) is 13.5. The van der Waals surface area contributed by atoms with Crippen LogP contribution in [0.5, 0.6) is 0 Å². The fourth-order valence-corrected chi connectivity index (χ4v) is 2.64. The van der Waals surface area contributed by atoms with Crippen molar-refractivity contribution >= 4 is 0 Å². The zero-order valence-corrected chi connectivity index (χ0v) is 13.4. The first-order chi connectivity index (χ1) is 8.85. The molecule has 0 aromatic heterocycles. The summed E-state index contributed by atoms with van der Waals surface area (Å²) in [4.78, 5) is 0. The van der Waals surface area contributed by atoms with Crippen LogP contribution in [-0.2, 0) is 0 Å². The van der Waals surface area contributed by atoms with Crippen LogP contribution in [0.2, 0.25) is 0 Å². The van der Waals surface area contributed by atoms with Crippen LogP contribution in [0.4, 0.5) is 0 Å². The second-order valence-corrected chi connectivity index (χ2v) is 5.74. The lowest BCUT2D eigenvalue weighted by Crippen LogP contribution is -1.93. The number of hydrogen-bond donors (Lipinski definition) is 0. The average molecular weight is 253 g/mol. The molecule has 0 rings (SSSR count). The number of rotatable bonds is 14. The van der Waals surface area contributed by atoms with Crippen molar-refractivity contribution in [2.24, 2.45) is 0 Å². The largest absolute Gasteiger partial charge is 0.0654 e. The van der Waals surface area contributed by atoms with Gasteiger partial charge in [0.15, 0.2) is 0 Å². The lowest BCUT2D eigenvalue weighted by molar-refractivity contribution is 0.540. The molecule has 0 N–H and O–H groups in total. The normalized spacial score (nSPS) is 11.3. The summed E-state index contributed by atoms with van der Waals surface area (Å²) < 4.78 is 0. The Hall–Kier alpha value is 0. The summed E-state index contributed by atoms with van der Waals surface area (Å²) in [5.41, 5.74) is 0. The van der Waals surface area contributed by atoms with E-state index in [0.717, 1.165) is 0 Å². The van der Waals surface area contributed by atoms with Crippen molar-refractivity contribution in [3.8, 4) is 0 Å². The summed E-state index contributed by atoms with van der Waals surface area (Å²) >= 11 is 0. The van der Waals surface area contributed by atoms with Gasteiger partial charge in [0, 0.05) is 0 Å². The minimum atomic E-state index is 1.30. The second kappa shape index (κ2) is 15.1. The maximum absolute atomic E-state index is 2.30. The Labute approximate surface area is 117 Å². The molecular formula is C18H37. The topological polar surface area (TPSA) is 0 Å². The van der Waals surface area contributed by atoms with Gasteiger partial charge in [-0.3, -0.25) is 0 Å². The average Bonchev–Trinajstić information content (AvgIpc) is 2.40. The van der Waals surface area contributed by atoms with Crippen LogP contribution in [0.25, 0.3) is 0 Å². The fraction of sp³-hybridized carbons (Fsp3) is 0.944. The molecule has 0 aromatic rings. The van der Waals surface area contributed by atoms with Crippen LogP contribution in [0.15, 0.2) is 0 Å². The third-order valence-electron chi connectivity index (χ3n) is 4.13. The maximum atomic E-state index is 2.30. The quantitative estimate of drug-likeness (QED) is 0.290. The highest BCUT2D eigenvalue weighted by Crippen LogP contribution is 2.19. The van der Waals surface area contributed by atoms with Gasteiger partial charge in [-0.15, -0.1) is 0 Å². The Kier molecular flexibility index (Phi) is 15.1. The van der Waals surface area contributed by atoms with Crippen LogP contribution in [-0.4, -0.2) is 0 Å². The maximum Gasteiger partial charge on any atom is -0.0246 e. The molecule has 109 valence electrons. The van der Waals surface area contributed by atoms with Gasteiger partial charge >= 0.3 is 0 Å². The SMILES string of the molecule is CCCCCCCCCCCCC[C](CC)CC. The van der Waals surface area contributed by atoms with E-state index in [1.54, 1.807) is 5.92 Å². The summed E-state index contributed by atoms with van der Waals surface area (Å²) in [6.07, 6.45) is 20.0. The molecule has 0 fully saturated rings. The number of hydrogen-bond acceptors (Lipinski definition) is 0. The minimum Gasteiger partial charge on any atom is -0.0654 e. The van der Waals surface area contributed by atoms with Gasteiger partial charge in [-0.2, -0.15) is 0 Å². The third kappa shape index (κ3) is 12.5. The van der Waals surface area contributed by atoms with Gasteiger partial charge in [0.05, 0.1) is 0 Å². The molecule has 0 nitrogen and oxygen atoms in total. The molecule has 0 atom stereocenters. The van der Waals surface area contributed by atoms with Crippen LogP contribution in [0, 0.1) is 5.92 Å². The second-order valence-electron chi connectivity index (χ2n) is 5.74. The Morgan fingerprint density at radius 1 is 0.500 bits per heavy atom. The molecule has 0 bridgehead atoms. The monoisotopic (exact) mass is 253 g/mol. The first-order valence-electron chi connectivity index (χ1n) is 8.68. The van der Waals surface area contributed by atoms with E-state index in [1.165, 1.54) is 89.9 Å². The molecule has 1 radical (unpaired) electrons. The lowest BCUT2D eigenvalue weighted by Gasteiger charge is -2.10. The van der Waals surface area contributed by atoms with E-state index in [9.17, 15) is 0 Å². The summed E-state index contributed by atoms with van der Waals surface area (Å²) in [7, 11) is 0. The van der Waals surface area contributed by atoms with Crippen LogP contribution in [0.3, 0.4) is 0 Å². The minimum absolute atomic E-state index is 1.30. The van der Waals surface area contributed by atoms with Crippen LogP contribution in [0.1, 0.15) is 111 Å². The first kappa shape index (κ1) is 18.0. The van der Waals surface area contributed by atoms with Crippen molar-refractivity contribution in [2.75, 3.05) is 0 Å². The Morgan fingerprint density at radius 3 is 1.28 bits per heavy atom. The molecular weight excluding hydrogens is 216 g/mol. The predicted molar refractivity (Wildman–Crippen MR) is 84.9 cm³/mol. The van der Waals surface area contributed by atoms with Gasteiger partial charge in [0.2, 0.25) is 0 Å². The van der Waals surface area contributed by atoms with Gasteiger partial charge in [-0.1, -0.05) is 91.4 Å². The van der Waals surface area contributed by atoms with E-state index in [-0.39, 0.29) is 0 Å². The molecule has 0 aliphatic carbocycles. The van der Waals surface area contributed by atoms with E-state index in [0.29, 0.717) is 0 Å². The molecule has 18 heavy (non-hydrogen) atoms. The van der Waals surface area contributed by atoms with Gasteiger partial charge < -0.3 is 0 Å². The van der Waals surface area contributed by atoms with E-state index in [4.69, 9.17) is 0 Å². The zero-order valence-electron chi connectivity index (χ0n) is 13.4. The summed E-state index contributed by atoms with van der Waals surface area (Å²) in [6, 6.07) is 0. The molecule has 0 heterocycles. The molecule has 0 aliphatic rings. The third-order valence-corrected chi connectivity index (χ3v) is 4.13. The molecule has 0 heteroatoms. The molecule has 0 saturated heterocycles. The van der Waals surface area contributed by atoms with E-state index in [2.05, 4.69) is 20.8 Å². The summed E-state index contributed by atoms with van der Waals surface area (Å²) in [5, 5.41) is 0. The number of unbranched alkanes of at least 4 members (excludes halogenated alkanes) is 10. The van der Waals surface area contributed by atoms with Gasteiger partial charge in [0.1, 0.15) is 0 Å². The Balaban J connectivity index is 3.03. The fourth-order valence-electron chi connectivity index (χ4n) is 2.64. The first-order valence-corrected chi connectivity index (χ1v) is 8.68. The summed E-state index contributed by atoms with van der Waals surface area (Å²) in [6.45, 7) is 6.90. The van der Waals surface area contributed by atoms with Crippen molar-refractivity contribution in [1.29, 1.82) is 0 Å². The van der Waals surface area contributed by atoms with Crippen molar-refractivity contribution < 1.29 is 0 Å². The highest BCUT2D eigenvalue weighted by atomic mass is 14.1. The van der Waals surface area contributed by atoms with Crippen LogP contribution >= 0.6 is 0 Å². The Bertz CT molecular complexity index is 135. The van der Waals surface area contributed by atoms with E-state index in [1.807, 2.05) is 0 Å². The summed E-state index contributed by atoms with van der Waals surface area (Å²) in [5.74, 6) is 1.77. The van der Waals surface area contributed by atoms with E-state index >= 15 is 0 Å². The van der Waals surface area contributed by atoms with Gasteiger partial charge in [-0.25, -0.2) is 0 Å². The van der Waals surface area contributed by atoms with Crippen molar-refractivity contribution in [3.63, 3.8) is 0 Å². The Morgan fingerprint density at radius 2 is 0.889 bits per heavy atom. The lowest BCUT2D eigenvalue weighted by atomic mass is 9.95. The molecule has 0 amide bonds. The van der Waals surface area contributed by atoms with Crippen LogP contribution < -0.4 is 0 Å².